The Balaban J connectivity index is 0.00000400. The zero-order valence-corrected chi connectivity index (χ0v) is 16.0. The Morgan fingerprint density at radius 3 is 2.57 bits per heavy atom. The van der Waals surface area contributed by atoms with Gasteiger partial charge in [-0.1, -0.05) is 12.1 Å². The van der Waals surface area contributed by atoms with Gasteiger partial charge < -0.3 is 15.4 Å². The van der Waals surface area contributed by atoms with Gasteiger partial charge in [0, 0.05) is 12.1 Å². The van der Waals surface area contributed by atoms with Crippen molar-refractivity contribution < 1.29 is 4.74 Å². The van der Waals surface area contributed by atoms with Gasteiger partial charge in [-0.3, -0.25) is 0 Å². The Labute approximate surface area is 145 Å². The summed E-state index contributed by atoms with van der Waals surface area (Å²) in [6.45, 7) is 12.5. The molecule has 0 aliphatic heterocycles. The highest BCUT2D eigenvalue weighted by Crippen LogP contribution is 2.11. The molecule has 1 aromatic rings. The minimum absolute atomic E-state index is 0. The lowest BCUT2D eigenvalue weighted by Gasteiger charge is -2.23. The smallest absolute Gasteiger partial charge is 0.191 e. The maximum Gasteiger partial charge on any atom is 0.191 e. The maximum atomic E-state index is 5.68. The van der Waals surface area contributed by atoms with Gasteiger partial charge in [-0.15, -0.1) is 24.0 Å². The van der Waals surface area contributed by atoms with Crippen LogP contribution in [0.3, 0.4) is 0 Å². The second-order valence-corrected chi connectivity index (χ2v) is 5.80. The van der Waals surface area contributed by atoms with Crippen LogP contribution in [-0.2, 0) is 0 Å². The van der Waals surface area contributed by atoms with E-state index in [1.165, 1.54) is 5.56 Å². The Morgan fingerprint density at radius 1 is 1.29 bits per heavy atom. The molecule has 0 radical (unpaired) electrons. The lowest BCUT2D eigenvalue weighted by molar-refractivity contribution is 0.328. The molecule has 0 aliphatic carbocycles. The van der Waals surface area contributed by atoms with Crippen LogP contribution in [0, 0.1) is 6.92 Å². The van der Waals surface area contributed by atoms with Crippen LogP contribution in [0.15, 0.2) is 29.3 Å². The quantitative estimate of drug-likeness (QED) is 0.342. The van der Waals surface area contributed by atoms with E-state index in [1.807, 2.05) is 18.2 Å². The van der Waals surface area contributed by atoms with Gasteiger partial charge >= 0.3 is 0 Å². The maximum absolute atomic E-state index is 5.68. The highest BCUT2D eigenvalue weighted by Gasteiger charge is 2.11. The molecule has 120 valence electrons. The largest absolute Gasteiger partial charge is 0.492 e. The molecule has 5 heteroatoms. The third kappa shape index (κ3) is 9.55. The normalized spacial score (nSPS) is 11.6. The van der Waals surface area contributed by atoms with Crippen molar-refractivity contribution in [2.75, 3.05) is 19.7 Å². The van der Waals surface area contributed by atoms with Crippen LogP contribution in [0.25, 0.3) is 0 Å². The summed E-state index contributed by atoms with van der Waals surface area (Å²) in [6.07, 6.45) is 0. The number of hydrogen-bond donors (Lipinski definition) is 2. The molecule has 1 aromatic carbocycles. The first kappa shape index (κ1) is 20.0. The highest BCUT2D eigenvalue weighted by atomic mass is 127. The van der Waals surface area contributed by atoms with Crippen molar-refractivity contribution in [1.82, 2.24) is 10.6 Å². The Morgan fingerprint density at radius 2 is 2.00 bits per heavy atom. The van der Waals surface area contributed by atoms with E-state index in [-0.39, 0.29) is 29.5 Å². The summed E-state index contributed by atoms with van der Waals surface area (Å²) in [5.41, 5.74) is 1.20. The zero-order valence-electron chi connectivity index (χ0n) is 13.7. The number of nitrogens with one attached hydrogen (secondary N) is 2. The number of halogens is 1. The summed E-state index contributed by atoms with van der Waals surface area (Å²) < 4.78 is 5.68. The van der Waals surface area contributed by atoms with Gasteiger partial charge in [0.2, 0.25) is 0 Å². The first-order chi connectivity index (χ1) is 9.40. The Bertz CT molecular complexity index is 441. The van der Waals surface area contributed by atoms with E-state index in [9.17, 15) is 0 Å². The van der Waals surface area contributed by atoms with E-state index in [1.54, 1.807) is 0 Å². The Kier molecular flexibility index (Phi) is 9.41. The van der Waals surface area contributed by atoms with Crippen molar-refractivity contribution in [3.8, 4) is 5.75 Å². The van der Waals surface area contributed by atoms with Gasteiger partial charge in [0.05, 0.1) is 6.54 Å². The minimum atomic E-state index is -0.00158. The van der Waals surface area contributed by atoms with E-state index >= 15 is 0 Å². The molecule has 21 heavy (non-hydrogen) atoms. The van der Waals surface area contributed by atoms with Gasteiger partial charge in [-0.25, -0.2) is 4.99 Å². The fourth-order valence-corrected chi connectivity index (χ4v) is 1.69. The lowest BCUT2D eigenvalue weighted by atomic mass is 10.1. The van der Waals surface area contributed by atoms with Crippen LogP contribution in [0.1, 0.15) is 33.3 Å². The summed E-state index contributed by atoms with van der Waals surface area (Å²) in [5, 5.41) is 6.58. The standard InChI is InChI=1S/C16H27N3O.HI/c1-6-17-15(19-16(3,4)5)18-10-11-20-14-9-7-8-13(2)12-14;/h7-9,12H,6,10-11H2,1-5H3,(H2,17,18,19);1H. The number of aliphatic imine (C=N–C) groups is 1. The molecule has 0 fully saturated rings. The second kappa shape index (κ2) is 9.87. The van der Waals surface area contributed by atoms with Crippen molar-refractivity contribution in [3.05, 3.63) is 29.8 Å². The summed E-state index contributed by atoms with van der Waals surface area (Å²) in [5.74, 6) is 1.72. The van der Waals surface area contributed by atoms with Crippen LogP contribution in [-0.4, -0.2) is 31.2 Å². The van der Waals surface area contributed by atoms with Crippen LogP contribution < -0.4 is 15.4 Å². The second-order valence-electron chi connectivity index (χ2n) is 5.80. The SMILES string of the molecule is CCNC(=NCCOc1cccc(C)c1)NC(C)(C)C.I. The molecule has 1 rings (SSSR count). The van der Waals surface area contributed by atoms with E-state index < -0.39 is 0 Å². The molecule has 0 spiro atoms. The van der Waals surface area contributed by atoms with Gasteiger partial charge in [-0.05, 0) is 52.3 Å². The average Bonchev–Trinajstić information content (AvgIpc) is 2.33. The molecular formula is C16H28IN3O. The summed E-state index contributed by atoms with van der Waals surface area (Å²) in [4.78, 5) is 4.51. The molecule has 0 amide bonds. The topological polar surface area (TPSA) is 45.7 Å². The number of ether oxygens (including phenoxy) is 1. The summed E-state index contributed by atoms with van der Waals surface area (Å²) >= 11 is 0. The van der Waals surface area contributed by atoms with Crippen LogP contribution >= 0.6 is 24.0 Å². The van der Waals surface area contributed by atoms with Gasteiger partial charge in [0.25, 0.3) is 0 Å². The van der Waals surface area contributed by atoms with Crippen molar-refractivity contribution in [3.63, 3.8) is 0 Å². The first-order valence-corrected chi connectivity index (χ1v) is 7.16. The van der Waals surface area contributed by atoms with Gasteiger partial charge in [-0.2, -0.15) is 0 Å². The molecule has 0 aromatic heterocycles. The van der Waals surface area contributed by atoms with E-state index in [0.29, 0.717) is 13.2 Å². The third-order valence-electron chi connectivity index (χ3n) is 2.46. The molecule has 0 heterocycles. The van der Waals surface area contributed by atoms with E-state index in [2.05, 4.69) is 56.3 Å². The number of aryl methyl sites for hydroxylation is 1. The van der Waals surface area contributed by atoms with Gasteiger partial charge in [0.1, 0.15) is 12.4 Å². The lowest BCUT2D eigenvalue weighted by Crippen LogP contribution is -2.47. The van der Waals surface area contributed by atoms with Crippen molar-refractivity contribution >= 4 is 29.9 Å². The van der Waals surface area contributed by atoms with Crippen molar-refractivity contribution in [2.45, 2.75) is 40.2 Å². The zero-order chi connectivity index (χ0) is 15.0. The highest BCUT2D eigenvalue weighted by molar-refractivity contribution is 14.0. The average molecular weight is 405 g/mol. The molecule has 0 bridgehead atoms. The summed E-state index contributed by atoms with van der Waals surface area (Å²) in [7, 11) is 0. The van der Waals surface area contributed by atoms with Crippen molar-refractivity contribution in [2.24, 2.45) is 4.99 Å². The molecular weight excluding hydrogens is 377 g/mol. The number of nitrogens with zero attached hydrogens (tertiary/aromatic N) is 1. The van der Waals surface area contributed by atoms with Crippen molar-refractivity contribution in [1.29, 1.82) is 0 Å². The minimum Gasteiger partial charge on any atom is -0.492 e. The Hall–Kier alpha value is -0.980. The molecule has 0 atom stereocenters. The van der Waals surface area contributed by atoms with E-state index in [4.69, 9.17) is 4.74 Å². The molecule has 4 nitrogen and oxygen atoms in total. The third-order valence-corrected chi connectivity index (χ3v) is 2.46. The molecule has 0 saturated carbocycles. The fraction of sp³-hybridized carbons (Fsp3) is 0.562. The molecule has 0 unspecified atom stereocenters. The number of guanidine groups is 1. The first-order valence-electron chi connectivity index (χ1n) is 7.16. The van der Waals surface area contributed by atoms with Crippen LogP contribution in [0.5, 0.6) is 5.75 Å². The van der Waals surface area contributed by atoms with Gasteiger partial charge in [0.15, 0.2) is 5.96 Å². The van der Waals surface area contributed by atoms with E-state index in [0.717, 1.165) is 18.3 Å². The number of hydrogen-bond acceptors (Lipinski definition) is 2. The molecule has 0 aliphatic rings. The predicted molar refractivity (Wildman–Crippen MR) is 101 cm³/mol. The van der Waals surface area contributed by atoms with Crippen LogP contribution in [0.2, 0.25) is 0 Å². The fourth-order valence-electron chi connectivity index (χ4n) is 1.69. The predicted octanol–water partition coefficient (Wildman–Crippen LogP) is 3.35. The number of benzene rings is 1. The number of rotatable bonds is 5. The molecule has 2 N–H and O–H groups in total. The monoisotopic (exact) mass is 405 g/mol. The molecule has 0 saturated heterocycles. The summed E-state index contributed by atoms with van der Waals surface area (Å²) in [6, 6.07) is 8.05. The van der Waals surface area contributed by atoms with Crippen LogP contribution in [0.4, 0.5) is 0 Å².